The molecule has 0 spiro atoms. The van der Waals surface area contributed by atoms with E-state index < -0.39 is 16.0 Å². The van der Waals surface area contributed by atoms with E-state index in [1.54, 1.807) is 18.2 Å². The number of rotatable bonds is 8. The molecule has 0 saturated carbocycles. The Morgan fingerprint density at radius 2 is 1.83 bits per heavy atom. The Labute approximate surface area is 170 Å². The average Bonchev–Trinajstić information content (AvgIpc) is 3.14. The summed E-state index contributed by atoms with van der Waals surface area (Å²) in [5.41, 5.74) is 1.06. The lowest BCUT2D eigenvalue weighted by Gasteiger charge is -2.07. The lowest BCUT2D eigenvalue weighted by atomic mass is 10.1. The van der Waals surface area contributed by atoms with E-state index in [-0.39, 0.29) is 27.9 Å². The second kappa shape index (κ2) is 8.41. The summed E-state index contributed by atoms with van der Waals surface area (Å²) in [5, 5.41) is 20.8. The van der Waals surface area contributed by atoms with Gasteiger partial charge in [-0.15, -0.1) is 5.10 Å². The van der Waals surface area contributed by atoms with Gasteiger partial charge in [-0.2, -0.15) is 4.68 Å². The third-order valence-corrected chi connectivity index (χ3v) is 5.17. The summed E-state index contributed by atoms with van der Waals surface area (Å²) in [5.74, 6) is -1.33. The molecule has 2 aromatic carbocycles. The molecular weight excluding hydrogens is 418 g/mol. The molecule has 0 aliphatic carbocycles. The number of sulfonamides is 1. The zero-order valence-corrected chi connectivity index (χ0v) is 16.6. The van der Waals surface area contributed by atoms with E-state index in [2.05, 4.69) is 20.2 Å². The summed E-state index contributed by atoms with van der Waals surface area (Å²) >= 11 is 1.06. The molecule has 3 aromatic rings. The predicted molar refractivity (Wildman–Crippen MR) is 106 cm³/mol. The first-order chi connectivity index (χ1) is 13.7. The second-order valence-electron chi connectivity index (χ2n) is 5.86. The van der Waals surface area contributed by atoms with Crippen LogP contribution in [0, 0.1) is 0 Å². The summed E-state index contributed by atoms with van der Waals surface area (Å²) < 4.78 is 26.0. The van der Waals surface area contributed by atoms with Crippen LogP contribution in [0.1, 0.15) is 20.7 Å². The van der Waals surface area contributed by atoms with Gasteiger partial charge in [-0.1, -0.05) is 23.9 Å². The molecule has 0 aliphatic heterocycles. The summed E-state index contributed by atoms with van der Waals surface area (Å²) in [6.07, 6.45) is 1.04. The van der Waals surface area contributed by atoms with Crippen LogP contribution >= 0.6 is 11.8 Å². The van der Waals surface area contributed by atoms with E-state index in [1.165, 1.54) is 35.0 Å². The molecule has 29 heavy (non-hydrogen) atoms. The number of hydrogen-bond acceptors (Lipinski definition) is 8. The van der Waals surface area contributed by atoms with Gasteiger partial charge in [0.1, 0.15) is 0 Å². The van der Waals surface area contributed by atoms with Gasteiger partial charge in [0.15, 0.2) is 5.78 Å². The first-order valence-corrected chi connectivity index (χ1v) is 11.0. The molecule has 12 heteroatoms. The van der Waals surface area contributed by atoms with Crippen molar-refractivity contribution < 1.29 is 23.1 Å². The molecule has 0 fully saturated rings. The minimum Gasteiger partial charge on any atom is -0.478 e. The number of ketones is 1. The van der Waals surface area contributed by atoms with Gasteiger partial charge >= 0.3 is 5.97 Å². The highest BCUT2D eigenvalue weighted by Crippen LogP contribution is 2.22. The van der Waals surface area contributed by atoms with Crippen LogP contribution in [0.4, 0.5) is 5.69 Å². The summed E-state index contributed by atoms with van der Waals surface area (Å²) in [6, 6.07) is 12.3. The molecule has 0 radical (unpaired) electrons. The number of carbonyl (C=O) groups excluding carboxylic acids is 1. The molecule has 150 valence electrons. The molecule has 3 rings (SSSR count). The van der Waals surface area contributed by atoms with Gasteiger partial charge in [0.2, 0.25) is 15.2 Å². The molecule has 0 atom stereocenters. The zero-order chi connectivity index (χ0) is 21.0. The maximum atomic E-state index is 12.4. The van der Waals surface area contributed by atoms with Crippen molar-refractivity contribution in [1.82, 2.24) is 20.2 Å². The molecule has 1 heterocycles. The van der Waals surface area contributed by atoms with E-state index >= 15 is 0 Å². The van der Waals surface area contributed by atoms with Gasteiger partial charge < -0.3 is 5.11 Å². The van der Waals surface area contributed by atoms with Crippen molar-refractivity contribution in [2.45, 2.75) is 5.16 Å². The number of tetrazole rings is 1. The fraction of sp³-hybridized carbons (Fsp3) is 0.118. The number of Topliss-reactive ketones (excluding diaryl/α,β-unsaturated/α-hetero) is 1. The molecule has 0 amide bonds. The molecular formula is C17H15N5O5S2. The smallest absolute Gasteiger partial charge is 0.337 e. The summed E-state index contributed by atoms with van der Waals surface area (Å²) in [6.45, 7) is 0. The van der Waals surface area contributed by atoms with Crippen molar-refractivity contribution in [3.05, 3.63) is 59.7 Å². The number of para-hydroxylation sites is 1. The normalized spacial score (nSPS) is 11.2. The van der Waals surface area contributed by atoms with Gasteiger partial charge in [0.25, 0.3) is 0 Å². The van der Waals surface area contributed by atoms with Gasteiger partial charge in [-0.3, -0.25) is 9.52 Å². The Morgan fingerprint density at radius 1 is 1.14 bits per heavy atom. The lowest BCUT2D eigenvalue weighted by Crippen LogP contribution is -2.10. The number of thioether (sulfide) groups is 1. The van der Waals surface area contributed by atoms with E-state index in [4.69, 9.17) is 0 Å². The zero-order valence-electron chi connectivity index (χ0n) is 15.0. The molecule has 1 aromatic heterocycles. The van der Waals surface area contributed by atoms with Gasteiger partial charge in [-0.05, 0) is 46.8 Å². The monoisotopic (exact) mass is 433 g/mol. The summed E-state index contributed by atoms with van der Waals surface area (Å²) in [7, 11) is -3.40. The van der Waals surface area contributed by atoms with Crippen molar-refractivity contribution in [2.75, 3.05) is 16.7 Å². The van der Waals surface area contributed by atoms with Crippen LogP contribution in [0.3, 0.4) is 0 Å². The Hall–Kier alpha value is -3.25. The number of nitrogens with zero attached hydrogens (tertiary/aromatic N) is 4. The van der Waals surface area contributed by atoms with Crippen LogP contribution in [0.5, 0.6) is 0 Å². The van der Waals surface area contributed by atoms with Crippen LogP contribution in [0.25, 0.3) is 5.69 Å². The fourth-order valence-corrected chi connectivity index (χ4v) is 3.75. The minimum atomic E-state index is -3.40. The number of nitrogens with one attached hydrogen (secondary N) is 1. The number of carbonyl (C=O) groups is 2. The Kier molecular flexibility index (Phi) is 5.94. The Morgan fingerprint density at radius 3 is 2.48 bits per heavy atom. The van der Waals surface area contributed by atoms with Crippen molar-refractivity contribution in [3.63, 3.8) is 0 Å². The number of aromatic nitrogens is 4. The molecule has 0 aliphatic rings. The van der Waals surface area contributed by atoms with Crippen LogP contribution in [-0.4, -0.2) is 57.5 Å². The topological polar surface area (TPSA) is 144 Å². The Bertz CT molecular complexity index is 1160. The van der Waals surface area contributed by atoms with Gasteiger partial charge in [0, 0.05) is 11.3 Å². The SMILES string of the molecule is CS(=O)(=O)Nc1ccc(C(=O)CSc2nnnn2-c2ccccc2C(=O)O)cc1. The van der Waals surface area contributed by atoms with E-state index in [0.717, 1.165) is 18.0 Å². The third kappa shape index (κ3) is 5.18. The van der Waals surface area contributed by atoms with Gasteiger partial charge in [-0.25, -0.2) is 13.2 Å². The second-order valence-corrected chi connectivity index (χ2v) is 8.55. The Balaban J connectivity index is 1.73. The van der Waals surface area contributed by atoms with E-state index in [9.17, 15) is 23.1 Å². The highest BCUT2D eigenvalue weighted by Gasteiger charge is 2.17. The number of anilines is 1. The first kappa shape index (κ1) is 20.5. The number of carboxylic acid groups (broad SMARTS) is 1. The molecule has 0 bridgehead atoms. The quantitative estimate of drug-likeness (QED) is 0.400. The fourth-order valence-electron chi connectivity index (χ4n) is 2.41. The number of carboxylic acids is 1. The number of benzene rings is 2. The van der Waals surface area contributed by atoms with Crippen molar-refractivity contribution in [1.29, 1.82) is 0 Å². The molecule has 0 unspecified atom stereocenters. The third-order valence-electron chi connectivity index (χ3n) is 3.65. The van der Waals surface area contributed by atoms with E-state index in [0.29, 0.717) is 11.3 Å². The number of aromatic carboxylic acids is 1. The maximum Gasteiger partial charge on any atom is 0.337 e. The highest BCUT2D eigenvalue weighted by atomic mass is 32.2. The largest absolute Gasteiger partial charge is 0.478 e. The lowest BCUT2D eigenvalue weighted by molar-refractivity contribution is 0.0696. The van der Waals surface area contributed by atoms with Crippen LogP contribution in [0.15, 0.2) is 53.7 Å². The van der Waals surface area contributed by atoms with Crippen molar-refractivity contribution in [2.24, 2.45) is 0 Å². The minimum absolute atomic E-state index is 0.00840. The summed E-state index contributed by atoms with van der Waals surface area (Å²) in [4.78, 5) is 23.8. The maximum absolute atomic E-state index is 12.4. The standard InChI is InChI=1S/C17H15N5O5S2/c1-29(26,27)19-12-8-6-11(7-9-12)15(23)10-28-17-18-20-21-22(17)14-5-3-2-4-13(14)16(24)25/h2-9,19H,10H2,1H3,(H,24,25). The first-order valence-electron chi connectivity index (χ1n) is 8.09. The van der Waals surface area contributed by atoms with Crippen LogP contribution in [-0.2, 0) is 10.0 Å². The number of hydrogen-bond donors (Lipinski definition) is 2. The van der Waals surface area contributed by atoms with Gasteiger partial charge in [0.05, 0.1) is 23.3 Å². The molecule has 0 saturated heterocycles. The van der Waals surface area contributed by atoms with Crippen molar-refractivity contribution in [3.8, 4) is 5.69 Å². The van der Waals surface area contributed by atoms with Crippen LogP contribution < -0.4 is 4.72 Å². The molecule has 10 nitrogen and oxygen atoms in total. The van der Waals surface area contributed by atoms with Crippen LogP contribution in [0.2, 0.25) is 0 Å². The highest BCUT2D eigenvalue weighted by molar-refractivity contribution is 7.99. The van der Waals surface area contributed by atoms with E-state index in [1.807, 2.05) is 0 Å². The molecule has 2 N–H and O–H groups in total. The average molecular weight is 433 g/mol. The predicted octanol–water partition coefficient (Wildman–Crippen LogP) is 1.71. The van der Waals surface area contributed by atoms with Crippen molar-refractivity contribution >= 4 is 39.2 Å².